The number of aromatic nitrogens is 2. The molecule has 1 aromatic heterocycles. The lowest BCUT2D eigenvalue weighted by Gasteiger charge is -2.47. The van der Waals surface area contributed by atoms with Crippen molar-refractivity contribution in [2.24, 2.45) is 0 Å². The normalized spacial score (nSPS) is 24.3. The number of rotatable bonds is 2. The smallest absolute Gasteiger partial charge is 0.135 e. The van der Waals surface area contributed by atoms with Crippen LogP contribution in [0.25, 0.3) is 0 Å². The lowest BCUT2D eigenvalue weighted by atomic mass is 9.95. The predicted octanol–water partition coefficient (Wildman–Crippen LogP) is 1.59. The molecule has 0 aromatic carbocycles. The molecule has 2 fully saturated rings. The molecule has 0 atom stereocenters. The Morgan fingerprint density at radius 1 is 1.05 bits per heavy atom. The van der Waals surface area contributed by atoms with Crippen LogP contribution in [0.15, 0.2) is 6.33 Å². The Kier molecular flexibility index (Phi) is 3.56. The van der Waals surface area contributed by atoms with E-state index < -0.39 is 0 Å². The summed E-state index contributed by atoms with van der Waals surface area (Å²) >= 11 is 2.09. The molecule has 0 amide bonds. The van der Waals surface area contributed by atoms with Gasteiger partial charge in [0.15, 0.2) is 0 Å². The Hall–Kier alpha value is -0.810. The molecule has 20 heavy (non-hydrogen) atoms. The van der Waals surface area contributed by atoms with E-state index in [2.05, 4.69) is 31.5 Å². The molecule has 0 bridgehead atoms. The second kappa shape index (κ2) is 5.53. The van der Waals surface area contributed by atoms with Gasteiger partial charge in [0, 0.05) is 55.0 Å². The Labute approximate surface area is 125 Å². The van der Waals surface area contributed by atoms with Gasteiger partial charge in [-0.3, -0.25) is 4.90 Å². The van der Waals surface area contributed by atoms with Gasteiger partial charge in [0.05, 0.1) is 0 Å². The van der Waals surface area contributed by atoms with E-state index in [4.69, 9.17) is 0 Å². The highest BCUT2D eigenvalue weighted by molar-refractivity contribution is 7.99. The van der Waals surface area contributed by atoms with Crippen LogP contribution in [0.2, 0.25) is 0 Å². The molecule has 3 heterocycles. The van der Waals surface area contributed by atoms with Crippen LogP contribution in [0, 0.1) is 0 Å². The summed E-state index contributed by atoms with van der Waals surface area (Å²) in [5.74, 6) is 3.84. The van der Waals surface area contributed by atoms with Crippen LogP contribution < -0.4 is 4.90 Å². The average Bonchev–Trinajstić information content (AvgIpc) is 2.47. The second-order valence-corrected chi connectivity index (χ2v) is 7.26. The van der Waals surface area contributed by atoms with Crippen molar-refractivity contribution in [3.63, 3.8) is 0 Å². The quantitative estimate of drug-likeness (QED) is 0.826. The summed E-state index contributed by atoms with van der Waals surface area (Å²) in [5.41, 5.74) is 2.74. The fourth-order valence-corrected chi connectivity index (χ4v) is 4.51. The summed E-state index contributed by atoms with van der Waals surface area (Å²) in [6, 6.07) is 0.755. The van der Waals surface area contributed by atoms with Gasteiger partial charge in [0.1, 0.15) is 12.1 Å². The molecule has 1 aromatic rings. The highest BCUT2D eigenvalue weighted by Gasteiger charge is 2.34. The zero-order valence-electron chi connectivity index (χ0n) is 11.9. The number of hydrogen-bond acceptors (Lipinski definition) is 5. The first-order chi connectivity index (χ1) is 9.92. The van der Waals surface area contributed by atoms with Crippen molar-refractivity contribution in [1.29, 1.82) is 0 Å². The SMILES string of the molecule is c1nc2c(c(N3CC(N4CCSCC4)C3)n1)CCCC2. The summed E-state index contributed by atoms with van der Waals surface area (Å²) < 4.78 is 0. The van der Waals surface area contributed by atoms with Gasteiger partial charge in [0.2, 0.25) is 0 Å². The van der Waals surface area contributed by atoms with E-state index in [-0.39, 0.29) is 0 Å². The largest absolute Gasteiger partial charge is 0.353 e. The van der Waals surface area contributed by atoms with Gasteiger partial charge in [-0.05, 0) is 25.7 Å². The molecule has 0 N–H and O–H groups in total. The van der Waals surface area contributed by atoms with Crippen LogP contribution in [0.4, 0.5) is 5.82 Å². The number of aryl methyl sites for hydroxylation is 1. The first-order valence-electron chi connectivity index (χ1n) is 7.81. The van der Waals surface area contributed by atoms with Crippen molar-refractivity contribution in [2.45, 2.75) is 31.7 Å². The van der Waals surface area contributed by atoms with Gasteiger partial charge in [-0.25, -0.2) is 9.97 Å². The lowest BCUT2D eigenvalue weighted by Crippen LogP contribution is -2.61. The summed E-state index contributed by atoms with van der Waals surface area (Å²) in [6.45, 7) is 4.86. The summed E-state index contributed by atoms with van der Waals surface area (Å²) in [7, 11) is 0. The van der Waals surface area contributed by atoms with Crippen molar-refractivity contribution in [3.8, 4) is 0 Å². The molecule has 0 radical (unpaired) electrons. The standard InChI is InChI=1S/C15H22N4S/c1-2-4-14-13(3-1)15(17-11-16-14)19-9-12(10-19)18-5-7-20-8-6-18/h11-12H,1-10H2. The highest BCUT2D eigenvalue weighted by atomic mass is 32.2. The maximum absolute atomic E-state index is 4.59. The Morgan fingerprint density at radius 3 is 2.70 bits per heavy atom. The molecule has 2 aliphatic heterocycles. The van der Waals surface area contributed by atoms with Crippen molar-refractivity contribution < 1.29 is 0 Å². The van der Waals surface area contributed by atoms with Crippen molar-refractivity contribution in [1.82, 2.24) is 14.9 Å². The first-order valence-corrected chi connectivity index (χ1v) is 8.97. The molecule has 108 valence electrons. The lowest BCUT2D eigenvalue weighted by molar-refractivity contribution is 0.182. The van der Waals surface area contributed by atoms with E-state index >= 15 is 0 Å². The van der Waals surface area contributed by atoms with Crippen LogP contribution in [0.1, 0.15) is 24.1 Å². The molecule has 3 aliphatic rings. The summed E-state index contributed by atoms with van der Waals surface area (Å²) in [4.78, 5) is 14.2. The fraction of sp³-hybridized carbons (Fsp3) is 0.733. The van der Waals surface area contributed by atoms with E-state index in [0.29, 0.717) is 0 Å². The van der Waals surface area contributed by atoms with E-state index in [1.807, 2.05) is 0 Å². The topological polar surface area (TPSA) is 32.3 Å². The van der Waals surface area contributed by atoms with Crippen molar-refractivity contribution >= 4 is 17.6 Å². The first kappa shape index (κ1) is 12.9. The number of thioether (sulfide) groups is 1. The zero-order valence-corrected chi connectivity index (χ0v) is 12.7. The third-order valence-electron chi connectivity index (χ3n) is 4.83. The van der Waals surface area contributed by atoms with Crippen LogP contribution in [-0.2, 0) is 12.8 Å². The number of fused-ring (bicyclic) bond motifs is 1. The number of anilines is 1. The second-order valence-electron chi connectivity index (χ2n) is 6.04. The van der Waals surface area contributed by atoms with Crippen LogP contribution >= 0.6 is 11.8 Å². The monoisotopic (exact) mass is 290 g/mol. The highest BCUT2D eigenvalue weighted by Crippen LogP contribution is 2.31. The van der Waals surface area contributed by atoms with Crippen LogP contribution in [0.3, 0.4) is 0 Å². The molecule has 0 unspecified atom stereocenters. The minimum atomic E-state index is 0.755. The van der Waals surface area contributed by atoms with E-state index in [0.717, 1.165) is 25.6 Å². The Bertz CT molecular complexity index is 481. The molecule has 0 spiro atoms. The zero-order chi connectivity index (χ0) is 13.4. The number of hydrogen-bond donors (Lipinski definition) is 0. The van der Waals surface area contributed by atoms with Gasteiger partial charge >= 0.3 is 0 Å². The molecule has 5 heteroatoms. The molecular weight excluding hydrogens is 268 g/mol. The van der Waals surface area contributed by atoms with E-state index in [1.54, 1.807) is 6.33 Å². The van der Waals surface area contributed by atoms with Gasteiger partial charge in [0.25, 0.3) is 0 Å². The van der Waals surface area contributed by atoms with Crippen LogP contribution in [0.5, 0.6) is 0 Å². The molecule has 2 saturated heterocycles. The number of nitrogens with zero attached hydrogens (tertiary/aromatic N) is 4. The van der Waals surface area contributed by atoms with Gasteiger partial charge in [-0.15, -0.1) is 0 Å². The Balaban J connectivity index is 1.45. The third-order valence-corrected chi connectivity index (χ3v) is 5.77. The molecule has 0 saturated carbocycles. The van der Waals surface area contributed by atoms with Gasteiger partial charge in [-0.2, -0.15) is 11.8 Å². The van der Waals surface area contributed by atoms with Crippen molar-refractivity contribution in [3.05, 3.63) is 17.6 Å². The maximum Gasteiger partial charge on any atom is 0.135 e. The molecular formula is C15H22N4S. The average molecular weight is 290 g/mol. The molecule has 4 nitrogen and oxygen atoms in total. The molecule has 4 rings (SSSR count). The summed E-state index contributed by atoms with van der Waals surface area (Å²) in [6.07, 6.45) is 6.67. The maximum atomic E-state index is 4.59. The minimum absolute atomic E-state index is 0.755. The molecule has 1 aliphatic carbocycles. The predicted molar refractivity (Wildman–Crippen MR) is 83.6 cm³/mol. The van der Waals surface area contributed by atoms with E-state index in [9.17, 15) is 0 Å². The van der Waals surface area contributed by atoms with Crippen LogP contribution in [-0.4, -0.2) is 58.6 Å². The minimum Gasteiger partial charge on any atom is -0.353 e. The van der Waals surface area contributed by atoms with Crippen molar-refractivity contribution in [2.75, 3.05) is 42.6 Å². The van der Waals surface area contributed by atoms with E-state index in [1.165, 1.54) is 60.9 Å². The summed E-state index contributed by atoms with van der Waals surface area (Å²) in [5, 5.41) is 0. The third kappa shape index (κ3) is 2.31. The van der Waals surface area contributed by atoms with Gasteiger partial charge in [-0.1, -0.05) is 0 Å². The van der Waals surface area contributed by atoms with Gasteiger partial charge < -0.3 is 4.90 Å². The Morgan fingerprint density at radius 2 is 1.85 bits per heavy atom. The fourth-order valence-electron chi connectivity index (χ4n) is 3.58.